The van der Waals surface area contributed by atoms with Crippen molar-refractivity contribution in [2.24, 2.45) is 5.92 Å². The molecule has 0 aromatic heterocycles. The summed E-state index contributed by atoms with van der Waals surface area (Å²) >= 11 is 0. The molecule has 108 valence electrons. The molecule has 1 nitrogen and oxygen atoms in total. The van der Waals surface area contributed by atoms with Crippen LogP contribution in [0.1, 0.15) is 57.6 Å². The Morgan fingerprint density at radius 3 is 2.16 bits per heavy atom. The van der Waals surface area contributed by atoms with Crippen molar-refractivity contribution in [2.45, 2.75) is 59.0 Å². The van der Waals surface area contributed by atoms with Crippen molar-refractivity contribution < 1.29 is 8.78 Å². The van der Waals surface area contributed by atoms with Crippen LogP contribution in [0.25, 0.3) is 0 Å². The van der Waals surface area contributed by atoms with Gasteiger partial charge in [0.2, 0.25) is 0 Å². The van der Waals surface area contributed by atoms with E-state index in [0.717, 1.165) is 24.4 Å². The van der Waals surface area contributed by atoms with E-state index in [1.807, 2.05) is 0 Å². The van der Waals surface area contributed by atoms with E-state index >= 15 is 0 Å². The van der Waals surface area contributed by atoms with Gasteiger partial charge in [0.05, 0.1) is 0 Å². The summed E-state index contributed by atoms with van der Waals surface area (Å²) in [5.41, 5.74) is 1.15. The van der Waals surface area contributed by atoms with E-state index in [1.54, 1.807) is 12.1 Å². The highest BCUT2D eigenvalue weighted by Crippen LogP contribution is 2.18. The largest absolute Gasteiger partial charge is 0.310 e. The number of hydrogen-bond acceptors (Lipinski definition) is 1. The second-order valence-electron chi connectivity index (χ2n) is 5.65. The molecular formula is C16H25F2N. The summed E-state index contributed by atoms with van der Waals surface area (Å²) in [6.45, 7) is 7.39. The molecule has 0 fully saturated rings. The Morgan fingerprint density at radius 2 is 1.63 bits per heavy atom. The van der Waals surface area contributed by atoms with Crippen LogP contribution in [0.15, 0.2) is 24.3 Å². The standard InChI is InChI=1S/C16H25F2N/c1-12(2)5-4-6-13(3)19-11-14-7-9-15(10-8-14)16(17)18/h7-10,12-13,16,19H,4-6,11H2,1-3H3. The zero-order valence-electron chi connectivity index (χ0n) is 12.1. The number of halogens is 2. The van der Waals surface area contributed by atoms with E-state index in [1.165, 1.54) is 25.0 Å². The number of alkyl halides is 2. The fourth-order valence-corrected chi connectivity index (χ4v) is 2.01. The zero-order chi connectivity index (χ0) is 14.3. The van der Waals surface area contributed by atoms with Crippen molar-refractivity contribution in [1.82, 2.24) is 5.32 Å². The highest BCUT2D eigenvalue weighted by Gasteiger charge is 2.06. The maximum Gasteiger partial charge on any atom is 0.263 e. The summed E-state index contributed by atoms with van der Waals surface area (Å²) in [4.78, 5) is 0. The van der Waals surface area contributed by atoms with Gasteiger partial charge in [-0.25, -0.2) is 8.78 Å². The SMILES string of the molecule is CC(C)CCCC(C)NCc1ccc(C(F)F)cc1. The topological polar surface area (TPSA) is 12.0 Å². The van der Waals surface area contributed by atoms with Gasteiger partial charge in [-0.2, -0.15) is 0 Å². The first-order valence-corrected chi connectivity index (χ1v) is 7.09. The predicted molar refractivity (Wildman–Crippen MR) is 76.4 cm³/mol. The lowest BCUT2D eigenvalue weighted by Gasteiger charge is -2.14. The fraction of sp³-hybridized carbons (Fsp3) is 0.625. The Morgan fingerprint density at radius 1 is 1.00 bits per heavy atom. The molecule has 0 aliphatic heterocycles. The van der Waals surface area contributed by atoms with Crippen molar-refractivity contribution in [1.29, 1.82) is 0 Å². The van der Waals surface area contributed by atoms with E-state index in [9.17, 15) is 8.78 Å². The normalized spacial score (nSPS) is 13.2. The molecule has 0 heterocycles. The third-order valence-corrected chi connectivity index (χ3v) is 3.30. The second-order valence-corrected chi connectivity index (χ2v) is 5.65. The lowest BCUT2D eigenvalue weighted by Crippen LogP contribution is -2.25. The molecule has 1 unspecified atom stereocenters. The zero-order valence-corrected chi connectivity index (χ0v) is 12.1. The van der Waals surface area contributed by atoms with Gasteiger partial charge in [-0.05, 0) is 24.8 Å². The Labute approximate surface area is 115 Å². The van der Waals surface area contributed by atoms with Crippen molar-refractivity contribution in [3.63, 3.8) is 0 Å². The minimum Gasteiger partial charge on any atom is -0.310 e. The van der Waals surface area contributed by atoms with Gasteiger partial charge in [0.25, 0.3) is 6.43 Å². The maximum absolute atomic E-state index is 12.4. The number of hydrogen-bond donors (Lipinski definition) is 1. The van der Waals surface area contributed by atoms with Crippen LogP contribution in [0.5, 0.6) is 0 Å². The number of nitrogens with one attached hydrogen (secondary N) is 1. The molecule has 0 saturated carbocycles. The van der Waals surface area contributed by atoms with Crippen molar-refractivity contribution >= 4 is 0 Å². The van der Waals surface area contributed by atoms with Gasteiger partial charge in [0.15, 0.2) is 0 Å². The summed E-state index contributed by atoms with van der Waals surface area (Å²) in [6.07, 6.45) is 1.27. The van der Waals surface area contributed by atoms with Crippen LogP contribution in [0.4, 0.5) is 8.78 Å². The second kappa shape index (κ2) is 8.26. The molecule has 0 amide bonds. The average Bonchev–Trinajstić information content (AvgIpc) is 2.36. The molecule has 1 aromatic carbocycles. The molecule has 0 spiro atoms. The number of benzene rings is 1. The first-order chi connectivity index (χ1) is 8.99. The molecule has 0 aliphatic rings. The summed E-state index contributed by atoms with van der Waals surface area (Å²) in [6, 6.07) is 7.02. The highest BCUT2D eigenvalue weighted by molar-refractivity contribution is 5.23. The van der Waals surface area contributed by atoms with E-state index in [2.05, 4.69) is 26.1 Å². The molecule has 1 N–H and O–H groups in total. The summed E-state index contributed by atoms with van der Waals surface area (Å²) < 4.78 is 24.8. The fourth-order valence-electron chi connectivity index (χ4n) is 2.01. The van der Waals surface area contributed by atoms with Crippen LogP contribution in [-0.2, 0) is 6.54 Å². The van der Waals surface area contributed by atoms with Crippen LogP contribution in [0, 0.1) is 5.92 Å². The molecule has 0 radical (unpaired) electrons. The van der Waals surface area contributed by atoms with Crippen LogP contribution in [-0.4, -0.2) is 6.04 Å². The molecule has 1 rings (SSSR count). The Balaban J connectivity index is 2.27. The van der Waals surface area contributed by atoms with E-state index < -0.39 is 6.43 Å². The van der Waals surface area contributed by atoms with Crippen molar-refractivity contribution in [3.05, 3.63) is 35.4 Å². The quantitative estimate of drug-likeness (QED) is 0.705. The smallest absolute Gasteiger partial charge is 0.263 e. The van der Waals surface area contributed by atoms with Gasteiger partial charge in [0.1, 0.15) is 0 Å². The molecule has 19 heavy (non-hydrogen) atoms. The van der Waals surface area contributed by atoms with Gasteiger partial charge in [-0.3, -0.25) is 0 Å². The van der Waals surface area contributed by atoms with E-state index in [-0.39, 0.29) is 5.56 Å². The molecule has 0 saturated heterocycles. The lowest BCUT2D eigenvalue weighted by molar-refractivity contribution is 0.151. The lowest BCUT2D eigenvalue weighted by atomic mass is 10.0. The molecule has 3 heteroatoms. The Bertz CT molecular complexity index is 346. The molecular weight excluding hydrogens is 244 g/mol. The van der Waals surface area contributed by atoms with Crippen LogP contribution < -0.4 is 5.32 Å². The predicted octanol–water partition coefficient (Wildman–Crippen LogP) is 4.93. The molecule has 1 aromatic rings. The maximum atomic E-state index is 12.4. The monoisotopic (exact) mass is 269 g/mol. The van der Waals surface area contributed by atoms with Gasteiger partial charge in [-0.15, -0.1) is 0 Å². The van der Waals surface area contributed by atoms with Crippen LogP contribution in [0.2, 0.25) is 0 Å². The van der Waals surface area contributed by atoms with Crippen molar-refractivity contribution in [3.8, 4) is 0 Å². The van der Waals surface area contributed by atoms with Crippen LogP contribution in [0.3, 0.4) is 0 Å². The minimum atomic E-state index is -2.38. The molecule has 1 atom stereocenters. The first kappa shape index (κ1) is 16.1. The molecule has 0 aliphatic carbocycles. The average molecular weight is 269 g/mol. The van der Waals surface area contributed by atoms with E-state index in [0.29, 0.717) is 6.04 Å². The van der Waals surface area contributed by atoms with Gasteiger partial charge in [0, 0.05) is 18.2 Å². The van der Waals surface area contributed by atoms with Gasteiger partial charge in [-0.1, -0.05) is 51.0 Å². The van der Waals surface area contributed by atoms with Gasteiger partial charge < -0.3 is 5.32 Å². The number of rotatable bonds is 8. The highest BCUT2D eigenvalue weighted by atomic mass is 19.3. The van der Waals surface area contributed by atoms with E-state index in [4.69, 9.17) is 0 Å². The first-order valence-electron chi connectivity index (χ1n) is 7.09. The Kier molecular flexibility index (Phi) is 7.00. The molecule has 0 bridgehead atoms. The van der Waals surface area contributed by atoms with Crippen molar-refractivity contribution in [2.75, 3.05) is 0 Å². The third kappa shape index (κ3) is 6.67. The third-order valence-electron chi connectivity index (χ3n) is 3.30. The summed E-state index contributed by atoms with van der Waals surface area (Å²) in [7, 11) is 0. The summed E-state index contributed by atoms with van der Waals surface area (Å²) in [5.74, 6) is 0.758. The Hall–Kier alpha value is -0.960. The van der Waals surface area contributed by atoms with Crippen LogP contribution >= 0.6 is 0 Å². The summed E-state index contributed by atoms with van der Waals surface area (Å²) in [5, 5.41) is 3.43. The minimum absolute atomic E-state index is 0.0914. The van der Waals surface area contributed by atoms with Gasteiger partial charge >= 0.3 is 0 Å².